The molecule has 0 spiro atoms. The summed E-state index contributed by atoms with van der Waals surface area (Å²) in [4.78, 5) is 0.132. The fourth-order valence-electron chi connectivity index (χ4n) is 2.73. The van der Waals surface area contributed by atoms with Crippen LogP contribution in [-0.2, 0) is 10.0 Å². The van der Waals surface area contributed by atoms with E-state index < -0.39 is 10.0 Å². The van der Waals surface area contributed by atoms with Gasteiger partial charge in [-0.15, -0.1) is 10.2 Å². The minimum Gasteiger partial charge on any atom is -0.496 e. The second kappa shape index (κ2) is 8.26. The van der Waals surface area contributed by atoms with Gasteiger partial charge in [-0.25, -0.2) is 8.42 Å². The highest BCUT2D eigenvalue weighted by Crippen LogP contribution is 2.23. The van der Waals surface area contributed by atoms with Crippen LogP contribution < -0.4 is 14.8 Å². The summed E-state index contributed by atoms with van der Waals surface area (Å²) < 4.78 is 32.7. The van der Waals surface area contributed by atoms with Gasteiger partial charge in [0.05, 0.1) is 12.0 Å². The zero-order chi connectivity index (χ0) is 20.1. The van der Waals surface area contributed by atoms with Gasteiger partial charge in [0.1, 0.15) is 11.6 Å². The standard InChI is InChI=1S/C20H22N4O3S/c1-14-13-17(9-10-18(14)27-3)28(25,26)24-20-12-11-19(22-23-20)21-15(2)16-7-5-4-6-8-16/h4-13,15H,1-3H3,(H,21,22)(H,23,24). The number of sulfonamides is 1. The Morgan fingerprint density at radius 2 is 1.64 bits per heavy atom. The number of ether oxygens (including phenoxy) is 1. The molecule has 3 rings (SSSR count). The molecule has 1 aromatic heterocycles. The summed E-state index contributed by atoms with van der Waals surface area (Å²) in [5.74, 6) is 1.33. The summed E-state index contributed by atoms with van der Waals surface area (Å²) >= 11 is 0. The maximum Gasteiger partial charge on any atom is 0.263 e. The third-order valence-electron chi connectivity index (χ3n) is 4.24. The van der Waals surface area contributed by atoms with Crippen molar-refractivity contribution < 1.29 is 13.2 Å². The van der Waals surface area contributed by atoms with Gasteiger partial charge in [-0.3, -0.25) is 4.72 Å². The maximum atomic E-state index is 12.6. The van der Waals surface area contributed by atoms with Crippen molar-refractivity contribution in [2.24, 2.45) is 0 Å². The van der Waals surface area contributed by atoms with Crippen LogP contribution in [0.2, 0.25) is 0 Å². The predicted molar refractivity (Wildman–Crippen MR) is 109 cm³/mol. The van der Waals surface area contributed by atoms with E-state index in [0.29, 0.717) is 11.6 Å². The second-order valence-corrected chi connectivity index (χ2v) is 8.00. The Bertz CT molecular complexity index is 1040. The Kier molecular flexibility index (Phi) is 5.79. The molecule has 2 N–H and O–H groups in total. The molecule has 1 atom stereocenters. The highest BCUT2D eigenvalue weighted by molar-refractivity contribution is 7.92. The summed E-state index contributed by atoms with van der Waals surface area (Å²) in [6, 6.07) is 17.9. The predicted octanol–water partition coefficient (Wildman–Crippen LogP) is 3.77. The lowest BCUT2D eigenvalue weighted by Gasteiger charge is -2.14. The van der Waals surface area contributed by atoms with E-state index in [0.717, 1.165) is 11.1 Å². The Balaban J connectivity index is 1.70. The van der Waals surface area contributed by atoms with Crippen molar-refractivity contribution in [3.8, 4) is 5.75 Å². The number of nitrogens with one attached hydrogen (secondary N) is 2. The van der Waals surface area contributed by atoms with Crippen LogP contribution in [0.25, 0.3) is 0 Å². The van der Waals surface area contributed by atoms with Crippen LogP contribution in [0.5, 0.6) is 5.75 Å². The summed E-state index contributed by atoms with van der Waals surface area (Å²) in [5, 5.41) is 11.3. The van der Waals surface area contributed by atoms with Crippen LogP contribution in [0.3, 0.4) is 0 Å². The number of aromatic nitrogens is 2. The van der Waals surface area contributed by atoms with E-state index in [2.05, 4.69) is 20.2 Å². The molecule has 7 nitrogen and oxygen atoms in total. The first-order valence-corrected chi connectivity index (χ1v) is 10.2. The fraction of sp³-hybridized carbons (Fsp3) is 0.200. The van der Waals surface area contributed by atoms with Crippen molar-refractivity contribution in [1.82, 2.24) is 10.2 Å². The number of hydrogen-bond acceptors (Lipinski definition) is 6. The van der Waals surface area contributed by atoms with Crippen molar-refractivity contribution in [2.45, 2.75) is 24.8 Å². The molecule has 8 heteroatoms. The third kappa shape index (κ3) is 4.58. The van der Waals surface area contributed by atoms with Gasteiger partial charge in [-0.05, 0) is 55.3 Å². The largest absolute Gasteiger partial charge is 0.496 e. The third-order valence-corrected chi connectivity index (χ3v) is 5.60. The second-order valence-electron chi connectivity index (χ2n) is 6.32. The molecule has 1 unspecified atom stereocenters. The molecule has 0 aliphatic carbocycles. The van der Waals surface area contributed by atoms with E-state index in [1.165, 1.54) is 6.07 Å². The lowest BCUT2D eigenvalue weighted by atomic mass is 10.1. The monoisotopic (exact) mass is 398 g/mol. The Morgan fingerprint density at radius 1 is 0.964 bits per heavy atom. The van der Waals surface area contributed by atoms with Crippen LogP contribution in [-0.4, -0.2) is 25.7 Å². The minimum atomic E-state index is -3.77. The molecule has 0 aliphatic heterocycles. The number of nitrogens with zero attached hydrogens (tertiary/aromatic N) is 2. The van der Waals surface area contributed by atoms with E-state index >= 15 is 0 Å². The van der Waals surface area contributed by atoms with Gasteiger partial charge in [0.15, 0.2) is 5.82 Å². The number of aryl methyl sites for hydroxylation is 1. The number of anilines is 2. The molecule has 0 saturated carbocycles. The fourth-order valence-corrected chi connectivity index (χ4v) is 3.81. The zero-order valence-corrected chi connectivity index (χ0v) is 16.7. The Hall–Kier alpha value is -3.13. The van der Waals surface area contributed by atoms with Gasteiger partial charge in [0, 0.05) is 6.04 Å². The Morgan fingerprint density at radius 3 is 2.25 bits per heavy atom. The van der Waals surface area contributed by atoms with Gasteiger partial charge in [0.2, 0.25) is 0 Å². The van der Waals surface area contributed by atoms with Crippen LogP contribution in [0, 0.1) is 6.92 Å². The van der Waals surface area contributed by atoms with Crippen LogP contribution >= 0.6 is 0 Å². The van der Waals surface area contributed by atoms with Crippen molar-refractivity contribution in [3.63, 3.8) is 0 Å². The first-order valence-electron chi connectivity index (χ1n) is 8.72. The van der Waals surface area contributed by atoms with Gasteiger partial charge in [-0.1, -0.05) is 30.3 Å². The lowest BCUT2D eigenvalue weighted by Crippen LogP contribution is -2.15. The van der Waals surface area contributed by atoms with E-state index in [1.54, 1.807) is 38.3 Å². The lowest BCUT2D eigenvalue weighted by molar-refractivity contribution is 0.411. The molecule has 3 aromatic rings. The zero-order valence-electron chi connectivity index (χ0n) is 15.9. The summed E-state index contributed by atoms with van der Waals surface area (Å²) in [6.45, 7) is 3.80. The molecule has 2 aromatic carbocycles. The van der Waals surface area contributed by atoms with Crippen LogP contribution in [0.1, 0.15) is 24.1 Å². The average molecular weight is 398 g/mol. The summed E-state index contributed by atoms with van der Waals surface area (Å²) in [6.07, 6.45) is 0. The minimum absolute atomic E-state index is 0.0420. The molecular weight excluding hydrogens is 376 g/mol. The van der Waals surface area contributed by atoms with Gasteiger partial charge in [-0.2, -0.15) is 0 Å². The van der Waals surface area contributed by atoms with Crippen molar-refractivity contribution in [1.29, 1.82) is 0 Å². The highest BCUT2D eigenvalue weighted by atomic mass is 32.2. The molecule has 1 heterocycles. The number of methoxy groups -OCH3 is 1. The normalized spacial score (nSPS) is 12.2. The van der Waals surface area contributed by atoms with E-state index in [4.69, 9.17) is 4.74 Å². The van der Waals surface area contributed by atoms with E-state index in [-0.39, 0.29) is 16.8 Å². The quantitative estimate of drug-likeness (QED) is 0.629. The highest BCUT2D eigenvalue weighted by Gasteiger charge is 2.17. The van der Waals surface area contributed by atoms with Crippen molar-refractivity contribution >= 4 is 21.7 Å². The topological polar surface area (TPSA) is 93.2 Å². The first-order chi connectivity index (χ1) is 13.4. The molecule has 0 saturated heterocycles. The summed E-state index contributed by atoms with van der Waals surface area (Å²) in [5.41, 5.74) is 1.84. The summed E-state index contributed by atoms with van der Waals surface area (Å²) in [7, 11) is -2.23. The van der Waals surface area contributed by atoms with Crippen LogP contribution in [0.4, 0.5) is 11.6 Å². The molecule has 0 amide bonds. The smallest absolute Gasteiger partial charge is 0.263 e. The SMILES string of the molecule is COc1ccc(S(=O)(=O)Nc2ccc(NC(C)c3ccccc3)nn2)cc1C. The van der Waals surface area contributed by atoms with E-state index in [1.807, 2.05) is 37.3 Å². The molecule has 0 radical (unpaired) electrons. The Labute approximate surface area is 164 Å². The van der Waals surface area contributed by atoms with Gasteiger partial charge in [0.25, 0.3) is 10.0 Å². The molecule has 146 valence electrons. The molecule has 0 aliphatic rings. The van der Waals surface area contributed by atoms with Crippen molar-refractivity contribution in [3.05, 3.63) is 71.8 Å². The number of hydrogen-bond donors (Lipinski definition) is 2. The van der Waals surface area contributed by atoms with Crippen molar-refractivity contribution in [2.75, 3.05) is 17.1 Å². The first kappa shape index (κ1) is 19.6. The molecule has 28 heavy (non-hydrogen) atoms. The molecule has 0 fully saturated rings. The maximum absolute atomic E-state index is 12.6. The van der Waals surface area contributed by atoms with Crippen LogP contribution in [0.15, 0.2) is 65.6 Å². The average Bonchev–Trinajstić information content (AvgIpc) is 2.70. The van der Waals surface area contributed by atoms with E-state index in [9.17, 15) is 8.42 Å². The molecule has 0 bridgehead atoms. The van der Waals surface area contributed by atoms with Gasteiger partial charge < -0.3 is 10.1 Å². The number of rotatable bonds is 7. The van der Waals surface area contributed by atoms with Gasteiger partial charge >= 0.3 is 0 Å². The molecular formula is C20H22N4O3S. The number of benzene rings is 2.